The fourth-order valence-electron chi connectivity index (χ4n) is 3.11. The molecule has 1 amide bonds. The van der Waals surface area contributed by atoms with Crippen LogP contribution in [0.4, 0.5) is 0 Å². The van der Waals surface area contributed by atoms with E-state index in [4.69, 9.17) is 0 Å². The molecule has 24 heavy (non-hydrogen) atoms. The van der Waals surface area contributed by atoms with Crippen LogP contribution in [0.15, 0.2) is 24.3 Å². The molecule has 0 spiro atoms. The van der Waals surface area contributed by atoms with Gasteiger partial charge in [0.05, 0.1) is 0 Å². The maximum Gasteiger partial charge on any atom is 0.224 e. The molecule has 2 atom stereocenters. The molecule has 1 heterocycles. The van der Waals surface area contributed by atoms with Gasteiger partial charge in [0.1, 0.15) is 0 Å². The molecule has 0 unspecified atom stereocenters. The lowest BCUT2D eigenvalue weighted by atomic mass is 9.98. The molecule has 0 aromatic heterocycles. The van der Waals surface area contributed by atoms with Crippen LogP contribution in [0.5, 0.6) is 0 Å². The van der Waals surface area contributed by atoms with Gasteiger partial charge in [-0.2, -0.15) is 0 Å². The Morgan fingerprint density at radius 1 is 1.33 bits per heavy atom. The van der Waals surface area contributed by atoms with E-state index >= 15 is 0 Å². The van der Waals surface area contributed by atoms with Crippen molar-refractivity contribution in [2.24, 2.45) is 11.8 Å². The molecule has 0 radical (unpaired) electrons. The summed E-state index contributed by atoms with van der Waals surface area (Å²) in [7, 11) is -0.941. The van der Waals surface area contributed by atoms with Crippen molar-refractivity contribution in [2.45, 2.75) is 39.8 Å². The first-order valence-electron chi connectivity index (χ1n) is 8.82. The second-order valence-electron chi connectivity index (χ2n) is 7.14. The highest BCUT2D eigenvalue weighted by Gasteiger charge is 2.16. The fourth-order valence-corrected chi connectivity index (χ4v) is 3.96. The van der Waals surface area contributed by atoms with Crippen molar-refractivity contribution in [3.05, 3.63) is 35.4 Å². The van der Waals surface area contributed by atoms with Gasteiger partial charge in [-0.25, -0.2) is 0 Å². The van der Waals surface area contributed by atoms with Crippen LogP contribution in [0.1, 0.15) is 37.8 Å². The Kier molecular flexibility index (Phi) is 7.43. The number of carbonyl (C=O) groups is 1. The number of amides is 1. The van der Waals surface area contributed by atoms with Crippen LogP contribution < -0.4 is 5.32 Å². The summed E-state index contributed by atoms with van der Waals surface area (Å²) in [5.41, 5.74) is 2.43. The average molecular weight is 351 g/mol. The van der Waals surface area contributed by atoms with Gasteiger partial charge in [-0.05, 0) is 43.0 Å². The first-order chi connectivity index (χ1) is 11.4. The summed E-state index contributed by atoms with van der Waals surface area (Å²) in [4.78, 5) is 14.5. The quantitative estimate of drug-likeness (QED) is 0.822. The van der Waals surface area contributed by atoms with Crippen LogP contribution in [0.2, 0.25) is 0 Å². The Labute approximate surface area is 148 Å². The number of hydrogen-bond acceptors (Lipinski definition) is 3. The van der Waals surface area contributed by atoms with Gasteiger partial charge in [-0.1, -0.05) is 38.1 Å². The van der Waals surface area contributed by atoms with Crippen molar-refractivity contribution >= 4 is 16.7 Å². The maximum atomic E-state index is 12.0. The van der Waals surface area contributed by atoms with E-state index in [1.54, 1.807) is 6.26 Å². The summed E-state index contributed by atoms with van der Waals surface area (Å²) in [5.74, 6) is 1.02. The van der Waals surface area contributed by atoms with Gasteiger partial charge in [-0.3, -0.25) is 13.9 Å². The predicted molar refractivity (Wildman–Crippen MR) is 100 cm³/mol. The second-order valence-corrected chi connectivity index (χ2v) is 8.62. The molecule has 0 bridgehead atoms. The molecule has 1 saturated heterocycles. The minimum Gasteiger partial charge on any atom is -0.352 e. The molecule has 134 valence electrons. The van der Waals surface area contributed by atoms with Gasteiger partial charge >= 0.3 is 0 Å². The Balaban J connectivity index is 1.84. The largest absolute Gasteiger partial charge is 0.352 e. The third kappa shape index (κ3) is 6.36. The minimum atomic E-state index is -0.941. The molecule has 1 fully saturated rings. The molecule has 4 nitrogen and oxygen atoms in total. The normalized spacial score (nSPS) is 19.0. The van der Waals surface area contributed by atoms with Gasteiger partial charge < -0.3 is 5.32 Å². The van der Waals surface area contributed by atoms with Crippen molar-refractivity contribution < 1.29 is 9.00 Å². The number of hydrogen-bond donors (Lipinski definition) is 1. The molecule has 1 aromatic carbocycles. The lowest BCUT2D eigenvalue weighted by molar-refractivity contribution is -0.124. The SMILES string of the molecule is CC1CCN(Cc2cccc(CNC(=O)[C@@H](C)C[S@](C)=O)c2)CC1. The van der Waals surface area contributed by atoms with Gasteiger partial charge in [0.2, 0.25) is 5.91 Å². The summed E-state index contributed by atoms with van der Waals surface area (Å²) in [6.07, 6.45) is 4.20. The highest BCUT2D eigenvalue weighted by atomic mass is 32.2. The molecule has 1 aliphatic rings. The van der Waals surface area contributed by atoms with E-state index in [1.165, 1.54) is 31.5 Å². The summed E-state index contributed by atoms with van der Waals surface area (Å²) >= 11 is 0. The Hall–Kier alpha value is -1.20. The van der Waals surface area contributed by atoms with Crippen molar-refractivity contribution in [1.29, 1.82) is 0 Å². The molecule has 2 rings (SSSR count). The van der Waals surface area contributed by atoms with E-state index in [9.17, 15) is 9.00 Å². The zero-order valence-corrected chi connectivity index (χ0v) is 15.9. The van der Waals surface area contributed by atoms with E-state index in [2.05, 4.69) is 35.3 Å². The third-order valence-corrected chi connectivity index (χ3v) is 5.64. The van der Waals surface area contributed by atoms with Crippen LogP contribution in [0.25, 0.3) is 0 Å². The Bertz CT molecular complexity index is 568. The summed E-state index contributed by atoms with van der Waals surface area (Å²) < 4.78 is 11.2. The van der Waals surface area contributed by atoms with Crippen molar-refractivity contribution in [2.75, 3.05) is 25.1 Å². The molecule has 0 saturated carbocycles. The zero-order valence-electron chi connectivity index (χ0n) is 15.1. The van der Waals surface area contributed by atoms with Gasteiger partial charge in [-0.15, -0.1) is 0 Å². The number of piperidine rings is 1. The van der Waals surface area contributed by atoms with E-state index in [1.807, 2.05) is 13.0 Å². The molecule has 0 aliphatic carbocycles. The first kappa shape index (κ1) is 19.1. The number of carbonyl (C=O) groups excluding carboxylic acids is 1. The molecule has 1 N–H and O–H groups in total. The van der Waals surface area contributed by atoms with Crippen LogP contribution >= 0.6 is 0 Å². The van der Waals surface area contributed by atoms with Gasteiger partial charge in [0.25, 0.3) is 0 Å². The smallest absolute Gasteiger partial charge is 0.224 e. The Morgan fingerprint density at radius 2 is 2.00 bits per heavy atom. The zero-order chi connectivity index (χ0) is 17.5. The van der Waals surface area contributed by atoms with E-state index in [-0.39, 0.29) is 11.8 Å². The third-order valence-electron chi connectivity index (χ3n) is 4.67. The van der Waals surface area contributed by atoms with E-state index in [0.29, 0.717) is 12.3 Å². The molecular formula is C19H30N2O2S. The Morgan fingerprint density at radius 3 is 2.67 bits per heavy atom. The fraction of sp³-hybridized carbons (Fsp3) is 0.632. The highest BCUT2D eigenvalue weighted by Crippen LogP contribution is 2.18. The first-order valence-corrected chi connectivity index (χ1v) is 10.5. The predicted octanol–water partition coefficient (Wildman–Crippen LogP) is 2.55. The van der Waals surface area contributed by atoms with E-state index < -0.39 is 10.8 Å². The summed E-state index contributed by atoms with van der Waals surface area (Å²) in [6.45, 7) is 8.02. The maximum absolute atomic E-state index is 12.0. The average Bonchev–Trinajstić information content (AvgIpc) is 2.54. The van der Waals surface area contributed by atoms with Crippen molar-refractivity contribution in [3.63, 3.8) is 0 Å². The standard InChI is InChI=1S/C19H30N2O2S/c1-15-7-9-21(10-8-15)13-18-6-4-5-17(11-18)12-20-19(22)16(2)14-24(3)23/h4-6,11,15-16H,7-10,12-14H2,1-3H3,(H,20,22)/t16-,24-/m0/s1. The van der Waals surface area contributed by atoms with Gasteiger partial charge in [0.15, 0.2) is 0 Å². The number of likely N-dealkylation sites (tertiary alicyclic amines) is 1. The molecule has 1 aromatic rings. The van der Waals surface area contributed by atoms with Crippen molar-refractivity contribution in [1.82, 2.24) is 10.2 Å². The van der Waals surface area contributed by atoms with E-state index in [0.717, 1.165) is 18.0 Å². The molecular weight excluding hydrogens is 320 g/mol. The molecule has 5 heteroatoms. The topological polar surface area (TPSA) is 49.4 Å². The monoisotopic (exact) mass is 350 g/mol. The van der Waals surface area contributed by atoms with Crippen LogP contribution in [0, 0.1) is 11.8 Å². The number of nitrogens with zero attached hydrogens (tertiary/aromatic N) is 1. The lowest BCUT2D eigenvalue weighted by Crippen LogP contribution is -2.32. The minimum absolute atomic E-state index is 0.0272. The summed E-state index contributed by atoms with van der Waals surface area (Å²) in [6, 6.07) is 8.45. The number of nitrogens with one attached hydrogen (secondary N) is 1. The lowest BCUT2D eigenvalue weighted by Gasteiger charge is -2.30. The summed E-state index contributed by atoms with van der Waals surface area (Å²) in [5, 5.41) is 2.95. The van der Waals surface area contributed by atoms with Gasteiger partial charge in [0, 0.05) is 41.8 Å². The number of benzene rings is 1. The van der Waals surface area contributed by atoms with Crippen molar-refractivity contribution in [3.8, 4) is 0 Å². The second kappa shape index (κ2) is 9.33. The van der Waals surface area contributed by atoms with Crippen LogP contribution in [-0.4, -0.2) is 40.1 Å². The van der Waals surface area contributed by atoms with Crippen LogP contribution in [-0.2, 0) is 28.7 Å². The molecule has 1 aliphatic heterocycles. The van der Waals surface area contributed by atoms with Crippen LogP contribution in [0.3, 0.4) is 0 Å². The number of rotatable bonds is 7. The highest BCUT2D eigenvalue weighted by molar-refractivity contribution is 7.84.